The number of carbonyl (C=O) groups is 1. The zero-order valence-corrected chi connectivity index (χ0v) is 11.2. The van der Waals surface area contributed by atoms with Crippen molar-refractivity contribution in [2.24, 2.45) is 0 Å². The van der Waals surface area contributed by atoms with Crippen LogP contribution in [0.2, 0.25) is 0 Å². The zero-order valence-electron chi connectivity index (χ0n) is 11.2. The van der Waals surface area contributed by atoms with E-state index in [-0.39, 0.29) is 0 Å². The summed E-state index contributed by atoms with van der Waals surface area (Å²) in [6.07, 6.45) is -4.92. The lowest BCUT2D eigenvalue weighted by Gasteiger charge is -2.14. The SMILES string of the molecule is O=C(Nc1ccccc1C(F)(F)F)c1c(F)c(F)c(F)c(F)c1F. The summed E-state index contributed by atoms with van der Waals surface area (Å²) >= 11 is 0. The molecule has 0 aliphatic carbocycles. The third-order valence-corrected chi connectivity index (χ3v) is 2.92. The number of hydrogen-bond donors (Lipinski definition) is 1. The first kappa shape index (κ1) is 17.7. The molecule has 0 spiro atoms. The highest BCUT2D eigenvalue weighted by Crippen LogP contribution is 2.35. The number of carbonyl (C=O) groups excluding carboxylic acids is 1. The largest absolute Gasteiger partial charge is 0.418 e. The van der Waals surface area contributed by atoms with Crippen LogP contribution in [-0.4, -0.2) is 5.91 Å². The molecule has 2 aromatic carbocycles. The second kappa shape index (κ2) is 6.10. The summed E-state index contributed by atoms with van der Waals surface area (Å²) in [6.45, 7) is 0. The van der Waals surface area contributed by atoms with Gasteiger partial charge in [0, 0.05) is 0 Å². The fourth-order valence-electron chi connectivity index (χ4n) is 1.83. The molecule has 0 radical (unpaired) electrons. The van der Waals surface area contributed by atoms with Gasteiger partial charge in [0.25, 0.3) is 5.91 Å². The van der Waals surface area contributed by atoms with E-state index in [1.807, 2.05) is 0 Å². The summed E-state index contributed by atoms with van der Waals surface area (Å²) in [6, 6.07) is 3.38. The molecular weight excluding hydrogens is 350 g/mol. The minimum atomic E-state index is -4.92. The first-order chi connectivity index (χ1) is 11.1. The Balaban J connectivity index is 2.51. The van der Waals surface area contributed by atoms with E-state index in [4.69, 9.17) is 0 Å². The Hall–Kier alpha value is -2.65. The number of amides is 1. The third kappa shape index (κ3) is 3.03. The Morgan fingerprint density at radius 1 is 0.792 bits per heavy atom. The molecule has 0 heterocycles. The molecule has 0 aliphatic rings. The lowest BCUT2D eigenvalue weighted by atomic mass is 10.1. The van der Waals surface area contributed by atoms with Gasteiger partial charge in [-0.2, -0.15) is 13.2 Å². The first-order valence-corrected chi connectivity index (χ1v) is 6.04. The van der Waals surface area contributed by atoms with Gasteiger partial charge in [0.05, 0.1) is 11.3 Å². The van der Waals surface area contributed by atoms with Gasteiger partial charge >= 0.3 is 6.18 Å². The van der Waals surface area contributed by atoms with E-state index in [1.54, 1.807) is 0 Å². The topological polar surface area (TPSA) is 29.1 Å². The molecule has 0 atom stereocenters. The Morgan fingerprint density at radius 3 is 1.75 bits per heavy atom. The van der Waals surface area contributed by atoms with Crippen LogP contribution in [0.15, 0.2) is 24.3 Å². The highest BCUT2D eigenvalue weighted by Gasteiger charge is 2.35. The van der Waals surface area contributed by atoms with E-state index in [9.17, 15) is 39.9 Å². The van der Waals surface area contributed by atoms with E-state index in [2.05, 4.69) is 0 Å². The van der Waals surface area contributed by atoms with Gasteiger partial charge in [-0.05, 0) is 12.1 Å². The van der Waals surface area contributed by atoms with Gasteiger partial charge < -0.3 is 5.32 Å². The van der Waals surface area contributed by atoms with Crippen LogP contribution in [-0.2, 0) is 6.18 Å². The molecule has 0 bridgehead atoms. The van der Waals surface area contributed by atoms with Crippen molar-refractivity contribution in [1.82, 2.24) is 0 Å². The van der Waals surface area contributed by atoms with Crippen molar-refractivity contribution in [2.75, 3.05) is 5.32 Å². The van der Waals surface area contributed by atoms with Crippen LogP contribution >= 0.6 is 0 Å². The van der Waals surface area contributed by atoms with E-state index < -0.39 is 58.0 Å². The van der Waals surface area contributed by atoms with Crippen LogP contribution in [0.1, 0.15) is 15.9 Å². The van der Waals surface area contributed by atoms with E-state index in [1.165, 1.54) is 5.32 Å². The van der Waals surface area contributed by atoms with Crippen LogP contribution in [0.4, 0.5) is 40.8 Å². The number of para-hydroxylation sites is 1. The van der Waals surface area contributed by atoms with Crippen molar-refractivity contribution >= 4 is 11.6 Å². The number of alkyl halides is 3. The second-order valence-electron chi connectivity index (χ2n) is 4.44. The van der Waals surface area contributed by atoms with Crippen molar-refractivity contribution in [3.63, 3.8) is 0 Å². The predicted octanol–water partition coefficient (Wildman–Crippen LogP) is 4.65. The molecule has 1 amide bonds. The standard InChI is InChI=1S/C14H5F8NO/c15-8-7(9(16)11(18)12(19)10(8)17)13(24)23-6-4-2-1-3-5(6)14(20,21)22/h1-4H,(H,23,24). The monoisotopic (exact) mass is 355 g/mol. The highest BCUT2D eigenvalue weighted by atomic mass is 19.4. The lowest BCUT2D eigenvalue weighted by molar-refractivity contribution is -0.136. The molecule has 2 rings (SSSR count). The zero-order chi connectivity index (χ0) is 18.2. The number of nitrogens with one attached hydrogen (secondary N) is 1. The van der Waals surface area contributed by atoms with Gasteiger partial charge in [0.2, 0.25) is 5.82 Å². The normalized spacial score (nSPS) is 11.5. The van der Waals surface area contributed by atoms with Crippen LogP contribution in [0, 0.1) is 29.1 Å². The molecule has 10 heteroatoms. The predicted molar refractivity (Wildman–Crippen MR) is 65.6 cm³/mol. The summed E-state index contributed by atoms with van der Waals surface area (Å²) in [4.78, 5) is 11.7. The van der Waals surface area contributed by atoms with Gasteiger partial charge in [-0.15, -0.1) is 0 Å². The van der Waals surface area contributed by atoms with Crippen molar-refractivity contribution in [3.8, 4) is 0 Å². The number of rotatable bonds is 2. The van der Waals surface area contributed by atoms with Gasteiger partial charge in [-0.25, -0.2) is 22.0 Å². The molecule has 0 aromatic heterocycles. The maximum absolute atomic E-state index is 13.5. The molecule has 2 nitrogen and oxygen atoms in total. The molecule has 2 aromatic rings. The number of hydrogen-bond acceptors (Lipinski definition) is 1. The number of halogens is 8. The van der Waals surface area contributed by atoms with E-state index in [0.717, 1.165) is 18.2 Å². The van der Waals surface area contributed by atoms with Gasteiger partial charge in [-0.3, -0.25) is 4.79 Å². The van der Waals surface area contributed by atoms with Crippen LogP contribution in [0.5, 0.6) is 0 Å². The van der Waals surface area contributed by atoms with Gasteiger partial charge in [0.15, 0.2) is 23.3 Å². The molecular formula is C14H5F8NO. The van der Waals surface area contributed by atoms with Gasteiger partial charge in [-0.1, -0.05) is 12.1 Å². The maximum Gasteiger partial charge on any atom is 0.418 e. The smallest absolute Gasteiger partial charge is 0.321 e. The van der Waals surface area contributed by atoms with Crippen LogP contribution in [0.25, 0.3) is 0 Å². The second-order valence-corrected chi connectivity index (χ2v) is 4.44. The first-order valence-electron chi connectivity index (χ1n) is 6.04. The number of anilines is 1. The minimum Gasteiger partial charge on any atom is -0.321 e. The minimum absolute atomic E-state index is 0.564. The molecule has 0 saturated carbocycles. The average molecular weight is 355 g/mol. The molecule has 0 aliphatic heterocycles. The number of benzene rings is 2. The lowest BCUT2D eigenvalue weighted by Crippen LogP contribution is -2.21. The Bertz CT molecular complexity index is 786. The van der Waals surface area contributed by atoms with E-state index in [0.29, 0.717) is 6.07 Å². The summed E-state index contributed by atoms with van der Waals surface area (Å²) in [5.74, 6) is -14.1. The molecule has 24 heavy (non-hydrogen) atoms. The third-order valence-electron chi connectivity index (χ3n) is 2.92. The summed E-state index contributed by atoms with van der Waals surface area (Å²) < 4.78 is 104. The molecule has 0 fully saturated rings. The van der Waals surface area contributed by atoms with E-state index >= 15 is 0 Å². The molecule has 0 unspecified atom stereocenters. The average Bonchev–Trinajstić information content (AvgIpc) is 2.50. The molecule has 128 valence electrons. The summed E-state index contributed by atoms with van der Waals surface area (Å²) in [5.41, 5.74) is -4.15. The molecule has 0 saturated heterocycles. The van der Waals surface area contributed by atoms with Crippen molar-refractivity contribution in [1.29, 1.82) is 0 Å². The Labute approximate surface area is 128 Å². The van der Waals surface area contributed by atoms with Crippen molar-refractivity contribution in [3.05, 3.63) is 64.5 Å². The van der Waals surface area contributed by atoms with Crippen LogP contribution < -0.4 is 5.32 Å². The summed E-state index contributed by atoms with van der Waals surface area (Å²) in [5, 5.41) is 1.49. The van der Waals surface area contributed by atoms with Crippen molar-refractivity contribution in [2.45, 2.75) is 6.18 Å². The highest BCUT2D eigenvalue weighted by molar-refractivity contribution is 6.05. The summed E-state index contributed by atoms with van der Waals surface area (Å²) in [7, 11) is 0. The Morgan fingerprint density at radius 2 is 1.25 bits per heavy atom. The maximum atomic E-state index is 13.5. The quantitative estimate of drug-likeness (QED) is 0.474. The fraction of sp³-hybridized carbons (Fsp3) is 0.0714. The Kier molecular flexibility index (Phi) is 4.50. The molecule has 1 N–H and O–H groups in total. The van der Waals surface area contributed by atoms with Gasteiger partial charge in [0.1, 0.15) is 5.56 Å². The van der Waals surface area contributed by atoms with Crippen LogP contribution in [0.3, 0.4) is 0 Å². The fourth-order valence-corrected chi connectivity index (χ4v) is 1.83. The van der Waals surface area contributed by atoms with Crippen molar-refractivity contribution < 1.29 is 39.9 Å².